The normalized spacial score (nSPS) is 16.6. The van der Waals surface area contributed by atoms with Crippen molar-refractivity contribution in [2.75, 3.05) is 36.4 Å². The molecule has 1 aromatic heterocycles. The summed E-state index contributed by atoms with van der Waals surface area (Å²) in [6.45, 7) is 5.07. The molecule has 0 aliphatic carbocycles. The van der Waals surface area contributed by atoms with Gasteiger partial charge in [0.2, 0.25) is 11.9 Å². The Balaban J connectivity index is 1.40. The second-order valence-corrected chi connectivity index (χ2v) is 7.65. The van der Waals surface area contributed by atoms with E-state index < -0.39 is 5.82 Å². The van der Waals surface area contributed by atoms with Crippen molar-refractivity contribution in [3.8, 4) is 0 Å². The zero-order valence-electron chi connectivity index (χ0n) is 16.2. The number of hydrogen-bond acceptors (Lipinski definition) is 4. The molecule has 0 saturated carbocycles. The van der Waals surface area contributed by atoms with Crippen LogP contribution in [-0.2, 0) is 4.79 Å². The molecule has 1 unspecified atom stereocenters. The molecule has 1 fully saturated rings. The second-order valence-electron chi connectivity index (χ2n) is 7.24. The van der Waals surface area contributed by atoms with Crippen LogP contribution in [0.3, 0.4) is 0 Å². The lowest BCUT2D eigenvalue weighted by Gasteiger charge is -2.27. The lowest BCUT2D eigenvalue weighted by molar-refractivity contribution is -0.120. The highest BCUT2D eigenvalue weighted by Gasteiger charge is 2.25. The molecular weight excluding hydrogens is 393 g/mol. The first-order chi connectivity index (χ1) is 14.0. The molecule has 8 heteroatoms. The number of anilines is 2. The molecule has 1 saturated heterocycles. The van der Waals surface area contributed by atoms with Gasteiger partial charge in [-0.2, -0.15) is 0 Å². The Kier molecular flexibility index (Phi) is 5.69. The van der Waals surface area contributed by atoms with Crippen molar-refractivity contribution in [1.82, 2.24) is 14.9 Å². The number of hydrogen-bond donors (Lipinski definition) is 2. The highest BCUT2D eigenvalue weighted by Crippen LogP contribution is 2.23. The highest BCUT2D eigenvalue weighted by atomic mass is 35.5. The van der Waals surface area contributed by atoms with E-state index in [0.717, 1.165) is 49.6 Å². The van der Waals surface area contributed by atoms with Crippen molar-refractivity contribution < 1.29 is 9.18 Å². The summed E-state index contributed by atoms with van der Waals surface area (Å²) in [7, 11) is 0. The number of nitrogens with zero attached hydrogens (tertiary/aromatic N) is 3. The van der Waals surface area contributed by atoms with Crippen molar-refractivity contribution in [2.24, 2.45) is 0 Å². The Bertz CT molecular complexity index is 990. The molecule has 152 valence electrons. The molecule has 1 amide bonds. The van der Waals surface area contributed by atoms with Crippen LogP contribution in [0, 0.1) is 5.82 Å². The minimum atomic E-state index is -0.431. The lowest BCUT2D eigenvalue weighted by atomic mass is 10.2. The maximum atomic E-state index is 13.2. The standard InChI is InChI=1S/C21H23ClFN5O/c1-14(20(29)24-17-8-7-15(23)13-16(17)22)27-9-4-10-28(12-11-27)21-25-18-5-2-3-6-19(18)26-21/h2-3,5-8,13-14H,4,9-12H2,1H3,(H,24,29)(H,25,26). The van der Waals surface area contributed by atoms with Gasteiger partial charge >= 0.3 is 0 Å². The number of fused-ring (bicyclic) bond motifs is 1. The number of nitrogens with one attached hydrogen (secondary N) is 2. The molecule has 1 aliphatic rings. The van der Waals surface area contributed by atoms with Gasteiger partial charge in [-0.05, 0) is 43.7 Å². The third kappa shape index (κ3) is 4.36. The SMILES string of the molecule is CC(C(=O)Nc1ccc(F)cc1Cl)N1CCCN(c2nc3ccccc3[nH]2)CC1. The summed E-state index contributed by atoms with van der Waals surface area (Å²) >= 11 is 6.03. The van der Waals surface area contributed by atoms with Crippen LogP contribution in [0.5, 0.6) is 0 Å². The Morgan fingerprint density at radius 1 is 1.21 bits per heavy atom. The first kappa shape index (κ1) is 19.7. The van der Waals surface area contributed by atoms with Crippen LogP contribution < -0.4 is 10.2 Å². The van der Waals surface area contributed by atoms with E-state index in [1.54, 1.807) is 0 Å². The molecule has 1 aliphatic heterocycles. The van der Waals surface area contributed by atoms with E-state index in [2.05, 4.69) is 25.1 Å². The minimum absolute atomic E-state index is 0.157. The number of carbonyl (C=O) groups is 1. The molecule has 2 aromatic carbocycles. The fourth-order valence-electron chi connectivity index (χ4n) is 3.62. The highest BCUT2D eigenvalue weighted by molar-refractivity contribution is 6.33. The number of halogens is 2. The van der Waals surface area contributed by atoms with Gasteiger partial charge in [0.1, 0.15) is 5.82 Å². The predicted molar refractivity (Wildman–Crippen MR) is 114 cm³/mol. The topological polar surface area (TPSA) is 64.3 Å². The Labute approximate surface area is 173 Å². The number of amides is 1. The van der Waals surface area contributed by atoms with E-state index in [1.807, 2.05) is 31.2 Å². The van der Waals surface area contributed by atoms with Crippen molar-refractivity contribution in [1.29, 1.82) is 0 Å². The monoisotopic (exact) mass is 415 g/mol. The Hall–Kier alpha value is -2.64. The summed E-state index contributed by atoms with van der Waals surface area (Å²) in [5.41, 5.74) is 2.39. The molecule has 2 N–H and O–H groups in total. The average Bonchev–Trinajstić information content (AvgIpc) is 2.99. The summed E-state index contributed by atoms with van der Waals surface area (Å²) in [6, 6.07) is 11.6. The van der Waals surface area contributed by atoms with E-state index in [9.17, 15) is 9.18 Å². The molecule has 1 atom stereocenters. The van der Waals surface area contributed by atoms with Crippen LogP contribution in [0.1, 0.15) is 13.3 Å². The van der Waals surface area contributed by atoms with E-state index in [4.69, 9.17) is 11.6 Å². The van der Waals surface area contributed by atoms with E-state index in [1.165, 1.54) is 18.2 Å². The molecular formula is C21H23ClFN5O. The summed E-state index contributed by atoms with van der Waals surface area (Å²) in [5, 5.41) is 3.00. The fourth-order valence-corrected chi connectivity index (χ4v) is 3.83. The molecule has 0 bridgehead atoms. The average molecular weight is 416 g/mol. The number of aromatic nitrogens is 2. The molecule has 4 rings (SSSR count). The van der Waals surface area contributed by atoms with Crippen LogP contribution in [0.15, 0.2) is 42.5 Å². The van der Waals surface area contributed by atoms with Gasteiger partial charge in [0.25, 0.3) is 0 Å². The van der Waals surface area contributed by atoms with Crippen LogP contribution in [0.4, 0.5) is 16.0 Å². The summed E-state index contributed by atoms with van der Waals surface area (Å²) in [4.78, 5) is 25.1. The van der Waals surface area contributed by atoms with Crippen molar-refractivity contribution in [3.63, 3.8) is 0 Å². The fraction of sp³-hybridized carbons (Fsp3) is 0.333. The van der Waals surface area contributed by atoms with Gasteiger partial charge in [0, 0.05) is 26.2 Å². The van der Waals surface area contributed by atoms with Crippen LogP contribution >= 0.6 is 11.6 Å². The second kappa shape index (κ2) is 8.39. The zero-order valence-corrected chi connectivity index (χ0v) is 16.9. The smallest absolute Gasteiger partial charge is 0.241 e. The van der Waals surface area contributed by atoms with Gasteiger partial charge < -0.3 is 15.2 Å². The van der Waals surface area contributed by atoms with E-state index in [0.29, 0.717) is 5.69 Å². The van der Waals surface area contributed by atoms with Gasteiger partial charge in [-0.1, -0.05) is 23.7 Å². The molecule has 2 heterocycles. The molecule has 29 heavy (non-hydrogen) atoms. The number of para-hydroxylation sites is 2. The summed E-state index contributed by atoms with van der Waals surface area (Å²) in [5.74, 6) is 0.276. The number of benzene rings is 2. The Morgan fingerprint density at radius 3 is 2.83 bits per heavy atom. The van der Waals surface area contributed by atoms with Gasteiger partial charge in [0.05, 0.1) is 27.8 Å². The van der Waals surface area contributed by atoms with Gasteiger partial charge in [-0.15, -0.1) is 0 Å². The van der Waals surface area contributed by atoms with E-state index in [-0.39, 0.29) is 17.0 Å². The first-order valence-corrected chi connectivity index (χ1v) is 10.1. The maximum absolute atomic E-state index is 13.2. The molecule has 3 aromatic rings. The Morgan fingerprint density at radius 2 is 2.03 bits per heavy atom. The number of H-pyrrole nitrogens is 1. The van der Waals surface area contributed by atoms with Crippen molar-refractivity contribution >= 4 is 40.2 Å². The van der Waals surface area contributed by atoms with Gasteiger partial charge in [-0.25, -0.2) is 9.37 Å². The largest absolute Gasteiger partial charge is 0.341 e. The van der Waals surface area contributed by atoms with Crippen LogP contribution in [-0.4, -0.2) is 53.0 Å². The quantitative estimate of drug-likeness (QED) is 0.678. The minimum Gasteiger partial charge on any atom is -0.341 e. The summed E-state index contributed by atoms with van der Waals surface area (Å²) < 4.78 is 13.2. The van der Waals surface area contributed by atoms with Crippen molar-refractivity contribution in [3.05, 3.63) is 53.3 Å². The predicted octanol–water partition coefficient (Wildman–Crippen LogP) is 3.89. The molecule has 6 nitrogen and oxygen atoms in total. The van der Waals surface area contributed by atoms with E-state index >= 15 is 0 Å². The van der Waals surface area contributed by atoms with Gasteiger partial charge in [-0.3, -0.25) is 9.69 Å². The number of imidazole rings is 1. The molecule has 0 radical (unpaired) electrons. The molecule has 0 spiro atoms. The number of rotatable bonds is 4. The summed E-state index contributed by atoms with van der Waals surface area (Å²) in [6.07, 6.45) is 0.923. The van der Waals surface area contributed by atoms with Crippen molar-refractivity contribution in [2.45, 2.75) is 19.4 Å². The zero-order chi connectivity index (χ0) is 20.4. The van der Waals surface area contributed by atoms with Gasteiger partial charge in [0.15, 0.2) is 0 Å². The first-order valence-electron chi connectivity index (χ1n) is 9.71. The lowest BCUT2D eigenvalue weighted by Crippen LogP contribution is -2.44. The third-order valence-electron chi connectivity index (χ3n) is 5.32. The third-order valence-corrected chi connectivity index (χ3v) is 5.64. The van der Waals surface area contributed by atoms with Crippen LogP contribution in [0.2, 0.25) is 5.02 Å². The van der Waals surface area contributed by atoms with Crippen LogP contribution in [0.25, 0.3) is 11.0 Å². The number of carbonyl (C=O) groups excluding carboxylic acids is 1. The number of aromatic amines is 1. The maximum Gasteiger partial charge on any atom is 0.241 e.